The number of carboxylic acids is 2. The zero-order chi connectivity index (χ0) is 25.0. The number of benzene rings is 1. The van der Waals surface area contributed by atoms with E-state index < -0.39 is 35.6 Å². The number of aliphatic carboxylic acids is 2. The van der Waals surface area contributed by atoms with Gasteiger partial charge in [-0.2, -0.15) is 0 Å². The van der Waals surface area contributed by atoms with E-state index in [1.165, 1.54) is 0 Å². The first-order chi connectivity index (χ1) is 15.9. The van der Waals surface area contributed by atoms with Crippen LogP contribution in [0.25, 0.3) is 10.9 Å². The third-order valence-electron chi connectivity index (χ3n) is 5.42. The van der Waals surface area contributed by atoms with Crippen molar-refractivity contribution >= 4 is 40.5 Å². The molecule has 1 aromatic carbocycles. The van der Waals surface area contributed by atoms with E-state index in [9.17, 15) is 24.3 Å². The Hall–Kier alpha value is -3.60. The van der Waals surface area contributed by atoms with Crippen LogP contribution in [0.2, 0.25) is 0 Å². The van der Waals surface area contributed by atoms with Gasteiger partial charge in [-0.25, -0.2) is 4.79 Å². The van der Waals surface area contributed by atoms with Gasteiger partial charge in [-0.05, 0) is 32.9 Å². The third kappa shape index (κ3) is 6.25. The van der Waals surface area contributed by atoms with Crippen LogP contribution in [-0.2, 0) is 19.1 Å². The highest BCUT2D eigenvalue weighted by molar-refractivity contribution is 5.96. The molecule has 1 aliphatic heterocycles. The van der Waals surface area contributed by atoms with E-state index >= 15 is 0 Å². The van der Waals surface area contributed by atoms with Crippen LogP contribution in [0.5, 0.6) is 0 Å². The first-order valence-corrected chi connectivity index (χ1v) is 11.0. The zero-order valence-electron chi connectivity index (χ0n) is 19.5. The summed E-state index contributed by atoms with van der Waals surface area (Å²) < 4.78 is 5.40. The lowest BCUT2D eigenvalue weighted by Gasteiger charge is -2.38. The summed E-state index contributed by atoms with van der Waals surface area (Å²) in [5, 5.41) is 22.0. The Balaban J connectivity index is 1.71. The number of nitrogens with one attached hydrogen (secondary N) is 2. The number of hydrogen-bond donors (Lipinski definition) is 4. The van der Waals surface area contributed by atoms with Crippen molar-refractivity contribution in [3.05, 3.63) is 30.0 Å². The Morgan fingerprint density at radius 1 is 1.09 bits per heavy atom. The third-order valence-corrected chi connectivity index (χ3v) is 5.42. The van der Waals surface area contributed by atoms with Crippen molar-refractivity contribution in [1.29, 1.82) is 0 Å². The monoisotopic (exact) mass is 474 g/mol. The van der Waals surface area contributed by atoms with E-state index in [0.29, 0.717) is 48.3 Å². The fourth-order valence-corrected chi connectivity index (χ4v) is 3.87. The van der Waals surface area contributed by atoms with E-state index in [4.69, 9.17) is 9.84 Å². The predicted octanol–water partition coefficient (Wildman–Crippen LogP) is 2.65. The molecule has 0 saturated carbocycles. The quantitative estimate of drug-likeness (QED) is 0.478. The van der Waals surface area contributed by atoms with E-state index in [1.54, 1.807) is 50.1 Å². The number of nitrogens with zero attached hydrogens (tertiary/aromatic N) is 2. The molecule has 11 heteroatoms. The number of aromatic amines is 1. The van der Waals surface area contributed by atoms with Gasteiger partial charge in [-0.3, -0.25) is 19.3 Å². The molecule has 0 radical (unpaired) electrons. The van der Waals surface area contributed by atoms with Crippen LogP contribution < -0.4 is 5.32 Å². The highest BCUT2D eigenvalue weighted by atomic mass is 16.6. The van der Waals surface area contributed by atoms with E-state index in [2.05, 4.69) is 10.3 Å². The Bertz CT molecular complexity index is 1080. The molecule has 0 aliphatic carbocycles. The van der Waals surface area contributed by atoms with Gasteiger partial charge in [0.25, 0.3) is 0 Å². The molecule has 0 unspecified atom stereocenters. The lowest BCUT2D eigenvalue weighted by Crippen LogP contribution is -2.51. The van der Waals surface area contributed by atoms with Gasteiger partial charge in [-0.15, -0.1) is 0 Å². The number of anilines is 1. The first-order valence-electron chi connectivity index (χ1n) is 11.0. The van der Waals surface area contributed by atoms with Crippen LogP contribution in [0, 0.1) is 0 Å². The fourth-order valence-electron chi connectivity index (χ4n) is 3.87. The number of carboxylic acid groups (broad SMARTS) is 2. The molecule has 1 aromatic heterocycles. The SMILES string of the molecule is CC(C)(C)OC(=O)N1CCN([C@@H](C(=O)O)c2c[nH]c3cc(NC(=O)CCC(=O)O)ccc23)CC1. The molecule has 2 aromatic rings. The summed E-state index contributed by atoms with van der Waals surface area (Å²) >= 11 is 0. The maximum atomic E-state index is 12.3. The molecule has 1 fully saturated rings. The number of ether oxygens (including phenoxy) is 1. The molecule has 0 bridgehead atoms. The molecule has 3 rings (SSSR count). The topological polar surface area (TPSA) is 152 Å². The van der Waals surface area contributed by atoms with Gasteiger partial charge in [0.15, 0.2) is 0 Å². The maximum Gasteiger partial charge on any atom is 0.410 e. The van der Waals surface area contributed by atoms with Crippen LogP contribution in [-0.4, -0.2) is 80.7 Å². The number of piperazine rings is 1. The summed E-state index contributed by atoms with van der Waals surface area (Å²) in [6.07, 6.45) is 0.825. The smallest absolute Gasteiger partial charge is 0.410 e. The summed E-state index contributed by atoms with van der Waals surface area (Å²) in [6, 6.07) is 4.14. The molecule has 1 saturated heterocycles. The van der Waals surface area contributed by atoms with Crippen LogP contribution in [0.1, 0.15) is 45.2 Å². The molecule has 2 amide bonds. The number of carbonyl (C=O) groups is 4. The van der Waals surface area contributed by atoms with Gasteiger partial charge >= 0.3 is 18.0 Å². The van der Waals surface area contributed by atoms with Crippen LogP contribution in [0.4, 0.5) is 10.5 Å². The van der Waals surface area contributed by atoms with Gasteiger partial charge in [0.1, 0.15) is 11.6 Å². The Kier molecular flexibility index (Phi) is 7.45. The fraction of sp³-hybridized carbons (Fsp3) is 0.478. The van der Waals surface area contributed by atoms with Gasteiger partial charge in [0, 0.05) is 61.0 Å². The average molecular weight is 475 g/mol. The second-order valence-electron chi connectivity index (χ2n) is 9.19. The molecular formula is C23H30N4O7. The lowest BCUT2D eigenvalue weighted by atomic mass is 10.0. The molecule has 0 spiro atoms. The minimum absolute atomic E-state index is 0.139. The van der Waals surface area contributed by atoms with Crippen LogP contribution in [0.15, 0.2) is 24.4 Å². The Morgan fingerprint density at radius 3 is 2.35 bits per heavy atom. The number of H-pyrrole nitrogens is 1. The Labute approximate surface area is 196 Å². The van der Waals surface area contributed by atoms with Gasteiger partial charge in [0.2, 0.25) is 5.91 Å². The van der Waals surface area contributed by atoms with Gasteiger partial charge < -0.3 is 30.2 Å². The summed E-state index contributed by atoms with van der Waals surface area (Å²) in [5.41, 5.74) is 1.10. The largest absolute Gasteiger partial charge is 0.481 e. The number of rotatable bonds is 7. The molecule has 1 atom stereocenters. The van der Waals surface area contributed by atoms with Crippen molar-refractivity contribution in [2.45, 2.75) is 45.3 Å². The summed E-state index contributed by atoms with van der Waals surface area (Å²) in [6.45, 7) is 6.85. The van der Waals surface area contributed by atoms with Crippen LogP contribution in [0.3, 0.4) is 0 Å². The van der Waals surface area contributed by atoms with Crippen molar-refractivity contribution < 1.29 is 34.1 Å². The van der Waals surface area contributed by atoms with Gasteiger partial charge in [-0.1, -0.05) is 6.07 Å². The number of aromatic nitrogens is 1. The average Bonchev–Trinajstić information content (AvgIpc) is 3.14. The Morgan fingerprint density at radius 2 is 1.76 bits per heavy atom. The highest BCUT2D eigenvalue weighted by Crippen LogP contribution is 2.31. The second kappa shape index (κ2) is 10.1. The summed E-state index contributed by atoms with van der Waals surface area (Å²) in [7, 11) is 0. The predicted molar refractivity (Wildman–Crippen MR) is 124 cm³/mol. The van der Waals surface area contributed by atoms with Crippen molar-refractivity contribution in [1.82, 2.24) is 14.8 Å². The number of hydrogen-bond acceptors (Lipinski definition) is 6. The molecule has 11 nitrogen and oxygen atoms in total. The molecule has 184 valence electrons. The minimum atomic E-state index is -1.05. The van der Waals surface area contributed by atoms with Gasteiger partial charge in [0.05, 0.1) is 6.42 Å². The first kappa shape index (κ1) is 25.0. The number of fused-ring (bicyclic) bond motifs is 1. The van der Waals surface area contributed by atoms with E-state index in [-0.39, 0.29) is 12.8 Å². The molecule has 34 heavy (non-hydrogen) atoms. The maximum absolute atomic E-state index is 12.3. The standard InChI is InChI=1S/C23H30N4O7/c1-23(2,3)34-22(33)27-10-8-26(9-11-27)20(21(31)32)16-13-24-17-12-14(4-5-15(16)17)25-18(28)6-7-19(29)30/h4-5,12-13,20,24H,6-11H2,1-3H3,(H,25,28)(H,29,30)(H,31,32)/t20-/m1/s1. The van der Waals surface area contributed by atoms with E-state index in [1.807, 2.05) is 4.90 Å². The van der Waals surface area contributed by atoms with Crippen molar-refractivity contribution in [2.24, 2.45) is 0 Å². The molecule has 2 heterocycles. The second-order valence-corrected chi connectivity index (χ2v) is 9.19. The molecule has 4 N–H and O–H groups in total. The molecule has 1 aliphatic rings. The summed E-state index contributed by atoms with van der Waals surface area (Å²) in [4.78, 5) is 53.5. The van der Waals surface area contributed by atoms with E-state index in [0.717, 1.165) is 0 Å². The normalized spacial score (nSPS) is 15.7. The molecular weight excluding hydrogens is 444 g/mol. The zero-order valence-corrected chi connectivity index (χ0v) is 19.5. The summed E-state index contributed by atoms with van der Waals surface area (Å²) in [5.74, 6) is -2.47. The van der Waals surface area contributed by atoms with Crippen molar-refractivity contribution in [3.63, 3.8) is 0 Å². The minimum Gasteiger partial charge on any atom is -0.481 e. The van der Waals surface area contributed by atoms with Crippen molar-refractivity contribution in [3.8, 4) is 0 Å². The van der Waals surface area contributed by atoms with Crippen LogP contribution >= 0.6 is 0 Å². The van der Waals surface area contributed by atoms with Crippen molar-refractivity contribution in [2.75, 3.05) is 31.5 Å². The highest BCUT2D eigenvalue weighted by Gasteiger charge is 2.34. The number of amides is 2. The lowest BCUT2D eigenvalue weighted by molar-refractivity contribution is -0.144. The number of carbonyl (C=O) groups excluding carboxylic acids is 2.